The fraction of sp³-hybridized carbons (Fsp3) is 0.318. The number of likely N-dealkylation sites (tertiary alicyclic amines) is 1. The van der Waals surface area contributed by atoms with Gasteiger partial charge in [-0.25, -0.2) is 4.79 Å². The number of aryl methyl sites for hydroxylation is 2. The summed E-state index contributed by atoms with van der Waals surface area (Å²) < 4.78 is 0. The van der Waals surface area contributed by atoms with E-state index in [-0.39, 0.29) is 12.4 Å². The molecule has 156 valence electrons. The molecule has 1 aliphatic heterocycles. The number of H-pyrrole nitrogens is 1. The molecule has 2 aliphatic rings. The quantitative estimate of drug-likeness (QED) is 0.578. The minimum atomic E-state index is -0.926. The lowest BCUT2D eigenvalue weighted by molar-refractivity contribution is 0.0658. The number of pyridine rings is 1. The molecule has 8 heteroatoms. The third-order valence-corrected chi connectivity index (χ3v) is 6.47. The lowest BCUT2D eigenvalue weighted by atomic mass is 9.74. The first-order valence-electron chi connectivity index (χ1n) is 9.89. The van der Waals surface area contributed by atoms with Gasteiger partial charge in [-0.3, -0.25) is 15.0 Å². The Labute approximate surface area is 185 Å². The van der Waals surface area contributed by atoms with Crippen molar-refractivity contribution >= 4 is 30.1 Å². The van der Waals surface area contributed by atoms with Crippen molar-refractivity contribution < 1.29 is 9.90 Å². The van der Waals surface area contributed by atoms with Gasteiger partial charge in [0, 0.05) is 35.2 Å². The molecule has 0 bridgehead atoms. The van der Waals surface area contributed by atoms with Crippen LogP contribution in [-0.4, -0.2) is 37.8 Å². The van der Waals surface area contributed by atoms with Crippen LogP contribution in [0.2, 0.25) is 5.02 Å². The third-order valence-electron chi connectivity index (χ3n) is 6.23. The van der Waals surface area contributed by atoms with E-state index in [2.05, 4.69) is 10.1 Å². The molecule has 2 N–H and O–H groups in total. The minimum absolute atomic E-state index is 0. The number of nitrogens with zero attached hydrogens (tertiary/aromatic N) is 3. The van der Waals surface area contributed by atoms with Gasteiger partial charge in [0.1, 0.15) is 11.2 Å². The smallest absolute Gasteiger partial charge is 0.408 e. The number of halogens is 2. The van der Waals surface area contributed by atoms with E-state index in [0.29, 0.717) is 18.0 Å². The highest BCUT2D eigenvalue weighted by Crippen LogP contribution is 2.48. The van der Waals surface area contributed by atoms with Crippen molar-refractivity contribution in [1.82, 2.24) is 20.1 Å². The first kappa shape index (κ1) is 20.7. The van der Waals surface area contributed by atoms with Gasteiger partial charge in [-0.1, -0.05) is 17.7 Å². The van der Waals surface area contributed by atoms with Gasteiger partial charge < -0.3 is 5.11 Å². The largest absolute Gasteiger partial charge is 0.465 e. The number of nitrogens with one attached hydrogen (secondary N) is 1. The number of benzene rings is 1. The maximum absolute atomic E-state index is 12.4. The topological polar surface area (TPSA) is 82.1 Å². The average molecular weight is 445 g/mol. The van der Waals surface area contributed by atoms with Crippen molar-refractivity contribution in [2.24, 2.45) is 0 Å². The zero-order valence-corrected chi connectivity index (χ0v) is 17.8. The summed E-state index contributed by atoms with van der Waals surface area (Å²) in [7, 11) is 0. The summed E-state index contributed by atoms with van der Waals surface area (Å²) in [4.78, 5) is 18.1. The fourth-order valence-corrected chi connectivity index (χ4v) is 5.16. The second kappa shape index (κ2) is 7.93. The van der Waals surface area contributed by atoms with E-state index < -0.39 is 11.6 Å². The summed E-state index contributed by atoms with van der Waals surface area (Å²) in [5, 5.41) is 18.8. The SMILES string of the molecule is Cl.O=C(O)N1CCCCC1(c1ccncc1)c1n[nH]c2c1-c1ccc(Cl)cc1CC2. The van der Waals surface area contributed by atoms with Crippen molar-refractivity contribution in [3.8, 4) is 11.1 Å². The van der Waals surface area contributed by atoms with Gasteiger partial charge >= 0.3 is 6.09 Å². The second-order valence-electron chi connectivity index (χ2n) is 7.71. The van der Waals surface area contributed by atoms with Crippen LogP contribution in [0.5, 0.6) is 0 Å². The number of aromatic nitrogens is 3. The zero-order valence-electron chi connectivity index (χ0n) is 16.3. The molecule has 1 amide bonds. The molecule has 0 spiro atoms. The Kier molecular flexibility index (Phi) is 5.47. The van der Waals surface area contributed by atoms with Crippen LogP contribution in [0.1, 0.15) is 41.8 Å². The molecule has 30 heavy (non-hydrogen) atoms. The molecule has 1 saturated heterocycles. The minimum Gasteiger partial charge on any atom is -0.465 e. The van der Waals surface area contributed by atoms with Crippen molar-refractivity contribution in [2.75, 3.05) is 6.54 Å². The summed E-state index contributed by atoms with van der Waals surface area (Å²) in [6.07, 6.45) is 6.69. The summed E-state index contributed by atoms with van der Waals surface area (Å²) >= 11 is 6.24. The van der Waals surface area contributed by atoms with Crippen LogP contribution in [0.25, 0.3) is 11.1 Å². The van der Waals surface area contributed by atoms with Crippen molar-refractivity contribution in [2.45, 2.75) is 37.6 Å². The molecule has 1 aromatic carbocycles. The molecule has 1 fully saturated rings. The number of fused-ring (bicyclic) bond motifs is 3. The van der Waals surface area contributed by atoms with E-state index in [1.807, 2.05) is 30.3 Å². The highest BCUT2D eigenvalue weighted by atomic mass is 35.5. The molecular formula is C22H22Cl2N4O2. The molecule has 0 radical (unpaired) electrons. The number of carbonyl (C=O) groups is 1. The second-order valence-corrected chi connectivity index (χ2v) is 8.15. The summed E-state index contributed by atoms with van der Waals surface area (Å²) in [6.45, 7) is 0.479. The van der Waals surface area contributed by atoms with Crippen LogP contribution in [-0.2, 0) is 18.4 Å². The number of carboxylic acid groups (broad SMARTS) is 1. The van der Waals surface area contributed by atoms with E-state index in [4.69, 9.17) is 16.7 Å². The fourth-order valence-electron chi connectivity index (χ4n) is 4.97. The Morgan fingerprint density at radius 1 is 1.17 bits per heavy atom. The van der Waals surface area contributed by atoms with Crippen molar-refractivity contribution in [3.63, 3.8) is 0 Å². The number of amides is 1. The van der Waals surface area contributed by atoms with Gasteiger partial charge in [0.2, 0.25) is 0 Å². The lowest BCUT2D eigenvalue weighted by Gasteiger charge is -2.45. The van der Waals surface area contributed by atoms with Crippen LogP contribution in [0.3, 0.4) is 0 Å². The predicted octanol–water partition coefficient (Wildman–Crippen LogP) is 5.05. The highest BCUT2D eigenvalue weighted by molar-refractivity contribution is 6.30. The van der Waals surface area contributed by atoms with E-state index >= 15 is 0 Å². The molecule has 1 atom stereocenters. The standard InChI is InChI=1S/C22H21ClN4O2.ClH/c23-16-4-5-17-14(13-16)3-6-18-19(17)20(26-25-18)22(15-7-10-24-11-8-15)9-1-2-12-27(22)21(28)29;/h4-5,7-8,10-11,13H,1-3,6,9,12H2,(H,25,26)(H,28,29);1H. The molecule has 0 saturated carbocycles. The molecule has 5 rings (SSSR count). The number of rotatable bonds is 2. The lowest BCUT2D eigenvalue weighted by Crippen LogP contribution is -2.53. The highest BCUT2D eigenvalue weighted by Gasteiger charge is 2.48. The van der Waals surface area contributed by atoms with Gasteiger partial charge in [0.25, 0.3) is 0 Å². The van der Waals surface area contributed by atoms with Crippen LogP contribution >= 0.6 is 24.0 Å². The monoisotopic (exact) mass is 444 g/mol. The Balaban J connectivity index is 0.00000218. The van der Waals surface area contributed by atoms with E-state index in [0.717, 1.165) is 53.8 Å². The zero-order chi connectivity index (χ0) is 20.0. The number of piperidine rings is 1. The molecule has 3 aromatic rings. The first-order valence-corrected chi connectivity index (χ1v) is 10.3. The Morgan fingerprint density at radius 3 is 2.73 bits per heavy atom. The van der Waals surface area contributed by atoms with Crippen LogP contribution < -0.4 is 0 Å². The van der Waals surface area contributed by atoms with Crippen LogP contribution in [0, 0.1) is 0 Å². The van der Waals surface area contributed by atoms with E-state index in [1.165, 1.54) is 5.56 Å². The molecule has 3 heterocycles. The molecular weight excluding hydrogens is 423 g/mol. The summed E-state index contributed by atoms with van der Waals surface area (Å²) in [5.41, 5.74) is 5.19. The molecule has 1 unspecified atom stereocenters. The molecule has 1 aliphatic carbocycles. The van der Waals surface area contributed by atoms with E-state index in [9.17, 15) is 9.90 Å². The maximum atomic E-state index is 12.4. The molecule has 6 nitrogen and oxygen atoms in total. The number of aromatic amines is 1. The maximum Gasteiger partial charge on any atom is 0.408 e. The predicted molar refractivity (Wildman–Crippen MR) is 117 cm³/mol. The third kappa shape index (κ3) is 3.06. The average Bonchev–Trinajstić information content (AvgIpc) is 3.19. The number of hydrogen-bond acceptors (Lipinski definition) is 3. The van der Waals surface area contributed by atoms with Gasteiger partial charge in [-0.15, -0.1) is 12.4 Å². The first-order chi connectivity index (χ1) is 14.1. The van der Waals surface area contributed by atoms with Crippen LogP contribution in [0.4, 0.5) is 4.79 Å². The summed E-state index contributed by atoms with van der Waals surface area (Å²) in [5.74, 6) is 0. The molecule has 2 aromatic heterocycles. The Bertz CT molecular complexity index is 1090. The van der Waals surface area contributed by atoms with Gasteiger partial charge in [0.15, 0.2) is 0 Å². The van der Waals surface area contributed by atoms with E-state index in [1.54, 1.807) is 17.3 Å². The summed E-state index contributed by atoms with van der Waals surface area (Å²) in [6, 6.07) is 9.75. The van der Waals surface area contributed by atoms with Gasteiger partial charge in [-0.2, -0.15) is 5.10 Å². The Hall–Kier alpha value is -2.57. The normalized spacial score (nSPS) is 20.1. The van der Waals surface area contributed by atoms with Crippen molar-refractivity contribution in [3.05, 3.63) is 70.3 Å². The van der Waals surface area contributed by atoms with Crippen LogP contribution in [0.15, 0.2) is 42.7 Å². The van der Waals surface area contributed by atoms with Gasteiger partial charge in [-0.05, 0) is 73.1 Å². The van der Waals surface area contributed by atoms with Crippen molar-refractivity contribution in [1.29, 1.82) is 0 Å². The number of hydrogen-bond donors (Lipinski definition) is 2. The van der Waals surface area contributed by atoms with Gasteiger partial charge in [0.05, 0.1) is 0 Å². The Morgan fingerprint density at radius 2 is 1.97 bits per heavy atom.